The van der Waals surface area contributed by atoms with Crippen LogP contribution in [0.15, 0.2) is 48.5 Å². The molecule has 0 radical (unpaired) electrons. The summed E-state index contributed by atoms with van der Waals surface area (Å²) in [6.07, 6.45) is 0. The summed E-state index contributed by atoms with van der Waals surface area (Å²) in [5.41, 5.74) is -0.237. The Bertz CT molecular complexity index is 769. The molecule has 0 unspecified atom stereocenters. The van der Waals surface area contributed by atoms with Gasteiger partial charge in [-0.25, -0.2) is 9.59 Å². The van der Waals surface area contributed by atoms with Crippen molar-refractivity contribution >= 4 is 17.9 Å². The van der Waals surface area contributed by atoms with Crippen molar-refractivity contribution in [3.8, 4) is 11.5 Å². The molecule has 2 aromatic carbocycles. The van der Waals surface area contributed by atoms with E-state index >= 15 is 0 Å². The number of esters is 1. The van der Waals surface area contributed by atoms with Crippen LogP contribution in [0.1, 0.15) is 41.5 Å². The smallest absolute Gasteiger partial charge is 0.335 e. The molecule has 0 bridgehead atoms. The molecule has 0 spiro atoms. The molecule has 2 rings (SSSR count). The molecule has 0 aliphatic rings. The van der Waals surface area contributed by atoms with Crippen molar-refractivity contribution in [2.75, 3.05) is 0 Å². The van der Waals surface area contributed by atoms with E-state index < -0.39 is 17.4 Å². The van der Waals surface area contributed by atoms with Crippen LogP contribution in [-0.2, 0) is 4.79 Å². The summed E-state index contributed by atoms with van der Waals surface area (Å²) < 4.78 is 5.08. The fourth-order valence-corrected chi connectivity index (χ4v) is 1.53. The van der Waals surface area contributed by atoms with Gasteiger partial charge in [0.25, 0.3) is 0 Å². The van der Waals surface area contributed by atoms with Gasteiger partial charge in [0.15, 0.2) is 0 Å². The lowest BCUT2D eigenvalue weighted by atomic mass is 9.97. The Kier molecular flexibility index (Phi) is 6.89. The molecule has 2 aromatic rings. The third-order valence-electron chi connectivity index (χ3n) is 3.04. The Morgan fingerprint density at radius 2 is 1.15 bits per heavy atom. The summed E-state index contributed by atoms with van der Waals surface area (Å²) in [5, 5.41) is 25.8. The molecule has 7 nitrogen and oxygen atoms in total. The van der Waals surface area contributed by atoms with Gasteiger partial charge in [0, 0.05) is 0 Å². The van der Waals surface area contributed by atoms with E-state index in [0.29, 0.717) is 5.75 Å². The van der Waals surface area contributed by atoms with Crippen molar-refractivity contribution in [2.24, 2.45) is 5.41 Å². The van der Waals surface area contributed by atoms with Gasteiger partial charge in [-0.1, -0.05) is 0 Å². The van der Waals surface area contributed by atoms with E-state index in [4.69, 9.17) is 20.1 Å². The Morgan fingerprint density at radius 3 is 1.50 bits per heavy atom. The van der Waals surface area contributed by atoms with Crippen LogP contribution in [0.4, 0.5) is 0 Å². The minimum Gasteiger partial charge on any atom is -0.508 e. The number of hydrogen-bond donors (Lipinski definition) is 3. The monoisotopic (exact) mass is 360 g/mol. The van der Waals surface area contributed by atoms with Gasteiger partial charge < -0.3 is 20.1 Å². The first kappa shape index (κ1) is 20.7. The fraction of sp³-hybridized carbons (Fsp3) is 0.211. The van der Waals surface area contributed by atoms with Crippen LogP contribution < -0.4 is 4.74 Å². The van der Waals surface area contributed by atoms with E-state index in [2.05, 4.69) is 0 Å². The topological polar surface area (TPSA) is 121 Å². The van der Waals surface area contributed by atoms with Gasteiger partial charge in [0.05, 0.1) is 16.5 Å². The first-order chi connectivity index (χ1) is 12.0. The molecule has 0 aliphatic carbocycles. The summed E-state index contributed by atoms with van der Waals surface area (Å²) >= 11 is 0. The highest BCUT2D eigenvalue weighted by Gasteiger charge is 2.23. The zero-order valence-electron chi connectivity index (χ0n) is 14.6. The number of benzene rings is 2. The van der Waals surface area contributed by atoms with E-state index in [1.54, 1.807) is 20.8 Å². The highest BCUT2D eigenvalue weighted by molar-refractivity contribution is 5.88. The molecular formula is C19H20O7. The number of aromatic hydroxyl groups is 1. The second-order valence-electron chi connectivity index (χ2n) is 6.32. The maximum absolute atomic E-state index is 11.5. The van der Waals surface area contributed by atoms with Gasteiger partial charge in [-0.15, -0.1) is 0 Å². The molecule has 138 valence electrons. The van der Waals surface area contributed by atoms with Gasteiger partial charge in [-0.05, 0) is 69.3 Å². The second-order valence-corrected chi connectivity index (χ2v) is 6.32. The fourth-order valence-electron chi connectivity index (χ4n) is 1.53. The van der Waals surface area contributed by atoms with Crippen LogP contribution in [0.2, 0.25) is 0 Å². The molecule has 0 amide bonds. The van der Waals surface area contributed by atoms with Crippen molar-refractivity contribution < 1.29 is 34.4 Å². The molecular weight excluding hydrogens is 340 g/mol. The predicted octanol–water partition coefficient (Wildman–Crippen LogP) is 3.43. The Balaban J connectivity index is 0.000000289. The number of hydrogen-bond acceptors (Lipinski definition) is 5. The number of phenolic OH excluding ortho intramolecular Hbond substituents is 1. The van der Waals surface area contributed by atoms with Gasteiger partial charge in [0.2, 0.25) is 0 Å². The van der Waals surface area contributed by atoms with Gasteiger partial charge >= 0.3 is 17.9 Å². The molecule has 26 heavy (non-hydrogen) atoms. The van der Waals surface area contributed by atoms with E-state index in [9.17, 15) is 14.4 Å². The van der Waals surface area contributed by atoms with E-state index in [1.807, 2.05) is 0 Å². The molecule has 0 aliphatic heterocycles. The molecule has 0 saturated heterocycles. The van der Waals surface area contributed by atoms with Gasteiger partial charge in [0.1, 0.15) is 11.5 Å². The maximum atomic E-state index is 11.5. The largest absolute Gasteiger partial charge is 0.508 e. The normalized spacial score (nSPS) is 10.3. The standard InChI is InChI=1S/C12H14O4.C7H6O3/c1-12(2,3)11(15)16-9-6-4-8(5-7-9)10(13)14;8-6-3-1-5(2-4-6)7(9)10/h4-7H,1-3H3,(H,13,14);1-4,8H,(H,9,10). The second kappa shape index (κ2) is 8.66. The summed E-state index contributed by atoms with van der Waals surface area (Å²) in [6.45, 7) is 5.25. The van der Waals surface area contributed by atoms with Crippen LogP contribution >= 0.6 is 0 Å². The average molecular weight is 360 g/mol. The van der Waals surface area contributed by atoms with Crippen molar-refractivity contribution in [1.29, 1.82) is 0 Å². The summed E-state index contributed by atoms with van der Waals surface area (Å²) in [6, 6.07) is 11.1. The zero-order valence-corrected chi connectivity index (χ0v) is 14.6. The average Bonchev–Trinajstić information content (AvgIpc) is 2.55. The first-order valence-corrected chi connectivity index (χ1v) is 7.58. The van der Waals surface area contributed by atoms with E-state index in [0.717, 1.165) is 0 Å². The third-order valence-corrected chi connectivity index (χ3v) is 3.04. The van der Waals surface area contributed by atoms with Crippen LogP contribution in [-0.4, -0.2) is 33.2 Å². The minimum atomic E-state index is -1.01. The number of aromatic carboxylic acids is 2. The third kappa shape index (κ3) is 6.64. The lowest BCUT2D eigenvalue weighted by molar-refractivity contribution is -0.143. The number of ether oxygens (including phenoxy) is 1. The number of carbonyl (C=O) groups is 3. The Labute approximate surface area is 150 Å². The molecule has 0 atom stereocenters. The van der Waals surface area contributed by atoms with Crippen molar-refractivity contribution in [3.63, 3.8) is 0 Å². The molecule has 0 aromatic heterocycles. The van der Waals surface area contributed by atoms with E-state index in [-0.39, 0.29) is 22.8 Å². The lowest BCUT2D eigenvalue weighted by Crippen LogP contribution is -2.25. The summed E-state index contributed by atoms with van der Waals surface area (Å²) in [4.78, 5) is 32.3. The molecule has 0 heterocycles. The van der Waals surface area contributed by atoms with Crippen LogP contribution in [0, 0.1) is 5.41 Å². The zero-order chi connectivity index (χ0) is 19.9. The minimum absolute atomic E-state index is 0.0741. The summed E-state index contributed by atoms with van der Waals surface area (Å²) in [5.74, 6) is -1.92. The van der Waals surface area contributed by atoms with Crippen molar-refractivity contribution in [1.82, 2.24) is 0 Å². The van der Waals surface area contributed by atoms with Crippen LogP contribution in [0.5, 0.6) is 11.5 Å². The van der Waals surface area contributed by atoms with Crippen molar-refractivity contribution in [3.05, 3.63) is 59.7 Å². The number of carboxylic acids is 2. The number of phenols is 1. The number of rotatable bonds is 3. The van der Waals surface area contributed by atoms with Crippen molar-refractivity contribution in [2.45, 2.75) is 20.8 Å². The van der Waals surface area contributed by atoms with Crippen LogP contribution in [0.25, 0.3) is 0 Å². The quantitative estimate of drug-likeness (QED) is 0.566. The molecule has 7 heteroatoms. The predicted molar refractivity (Wildman–Crippen MR) is 93.6 cm³/mol. The first-order valence-electron chi connectivity index (χ1n) is 7.58. The van der Waals surface area contributed by atoms with Crippen LogP contribution in [0.3, 0.4) is 0 Å². The Morgan fingerprint density at radius 1 is 0.769 bits per heavy atom. The Hall–Kier alpha value is -3.35. The highest BCUT2D eigenvalue weighted by atomic mass is 16.5. The lowest BCUT2D eigenvalue weighted by Gasteiger charge is -2.16. The van der Waals surface area contributed by atoms with E-state index in [1.165, 1.54) is 48.5 Å². The number of carbonyl (C=O) groups excluding carboxylic acids is 1. The molecule has 3 N–H and O–H groups in total. The molecule has 0 fully saturated rings. The highest BCUT2D eigenvalue weighted by Crippen LogP contribution is 2.19. The number of carboxylic acid groups (broad SMARTS) is 2. The maximum Gasteiger partial charge on any atom is 0.335 e. The molecule has 0 saturated carbocycles. The van der Waals surface area contributed by atoms with Gasteiger partial charge in [-0.3, -0.25) is 4.79 Å². The van der Waals surface area contributed by atoms with Gasteiger partial charge in [-0.2, -0.15) is 0 Å². The summed E-state index contributed by atoms with van der Waals surface area (Å²) in [7, 11) is 0. The SMILES string of the molecule is CC(C)(C)C(=O)Oc1ccc(C(=O)O)cc1.O=C(O)c1ccc(O)cc1.